The maximum Gasteiger partial charge on any atom is 0.167 e. The van der Waals surface area contributed by atoms with Crippen LogP contribution in [0.3, 0.4) is 0 Å². The van der Waals surface area contributed by atoms with Crippen LogP contribution in [0.25, 0.3) is 6.08 Å². The first-order valence-electron chi connectivity index (χ1n) is 10.1. The van der Waals surface area contributed by atoms with Crippen LogP contribution in [0.1, 0.15) is 11.1 Å². The van der Waals surface area contributed by atoms with E-state index in [4.69, 9.17) is 0 Å². The molecule has 0 saturated heterocycles. The number of nitrogens with one attached hydrogen (secondary N) is 1. The Hall–Kier alpha value is -2.84. The molecule has 0 amide bonds. The quantitative estimate of drug-likeness (QED) is 0.548. The number of hydrogen-bond acceptors (Lipinski definition) is 5. The molecular formula is C25H24N2O3S2. The van der Waals surface area contributed by atoms with E-state index in [1.807, 2.05) is 18.7 Å². The second-order valence-electron chi connectivity index (χ2n) is 7.66. The lowest BCUT2D eigenvalue weighted by atomic mass is 10.1. The number of fused-ring (bicyclic) bond motifs is 2. The predicted molar refractivity (Wildman–Crippen MR) is 129 cm³/mol. The average Bonchev–Trinajstić information content (AvgIpc) is 3.11. The molecule has 1 unspecified atom stereocenters. The number of rotatable bonds is 1. The number of likely N-dealkylation sites (N-methyl/N-ethyl adjacent to an activating group) is 1. The normalized spacial score (nSPS) is 19.1. The molecule has 0 saturated carbocycles. The topological polar surface area (TPSA) is 64.9 Å². The van der Waals surface area contributed by atoms with Crippen LogP contribution in [-0.2, 0) is 10.1 Å². The largest absolute Gasteiger partial charge is 0.744 e. The summed E-state index contributed by atoms with van der Waals surface area (Å²) >= 11 is 1.86. The van der Waals surface area contributed by atoms with Gasteiger partial charge in [-0.15, -0.1) is 0 Å². The third-order valence-electron chi connectivity index (χ3n) is 5.48. The summed E-state index contributed by atoms with van der Waals surface area (Å²) < 4.78 is 31.2. The molecule has 3 aromatic carbocycles. The van der Waals surface area contributed by atoms with Crippen LogP contribution in [0.2, 0.25) is 0 Å². The molecular weight excluding hydrogens is 440 g/mol. The highest BCUT2D eigenvalue weighted by Crippen LogP contribution is 2.45. The molecule has 2 aliphatic rings. The van der Waals surface area contributed by atoms with Crippen molar-refractivity contribution in [2.45, 2.75) is 16.7 Å². The summed E-state index contributed by atoms with van der Waals surface area (Å²) in [5.41, 5.74) is 6.20. The predicted octanol–water partition coefficient (Wildman–Crippen LogP) is 4.17. The Morgan fingerprint density at radius 3 is 2.25 bits per heavy atom. The van der Waals surface area contributed by atoms with Crippen molar-refractivity contribution < 1.29 is 17.9 Å². The number of allylic oxidation sites excluding steroid dienone is 1. The molecule has 164 valence electrons. The van der Waals surface area contributed by atoms with Gasteiger partial charge in [-0.25, -0.2) is 8.42 Å². The SMILES string of the molecule is CN1C(=C2C=Cc3ccccc3[NH+]2C)Sc2ccccc21.Cc1ccc(S(=O)(=O)[O-])cc1. The van der Waals surface area contributed by atoms with Crippen molar-refractivity contribution in [1.82, 2.24) is 0 Å². The van der Waals surface area contributed by atoms with Gasteiger partial charge < -0.3 is 9.45 Å². The lowest BCUT2D eigenvalue weighted by Gasteiger charge is -2.23. The molecule has 32 heavy (non-hydrogen) atoms. The number of hydrogen-bond donors (Lipinski definition) is 1. The van der Waals surface area contributed by atoms with Gasteiger partial charge in [0.15, 0.2) is 5.70 Å². The summed E-state index contributed by atoms with van der Waals surface area (Å²) in [5.74, 6) is 0. The zero-order valence-corrected chi connectivity index (χ0v) is 19.7. The highest BCUT2D eigenvalue weighted by molar-refractivity contribution is 8.03. The van der Waals surface area contributed by atoms with Crippen LogP contribution < -0.4 is 9.80 Å². The Kier molecular flexibility index (Phi) is 6.26. The summed E-state index contributed by atoms with van der Waals surface area (Å²) in [7, 11) is 0.110. The zero-order valence-electron chi connectivity index (χ0n) is 18.1. The maximum atomic E-state index is 10.4. The van der Waals surface area contributed by atoms with Crippen LogP contribution in [0.4, 0.5) is 11.4 Å². The maximum absolute atomic E-state index is 10.4. The third-order valence-corrected chi connectivity index (χ3v) is 7.58. The summed E-state index contributed by atoms with van der Waals surface area (Å²) in [4.78, 5) is 4.82. The van der Waals surface area contributed by atoms with E-state index < -0.39 is 10.1 Å². The third kappa shape index (κ3) is 4.52. The Bertz CT molecular complexity index is 1310. The molecule has 5 nitrogen and oxygen atoms in total. The second-order valence-corrected chi connectivity index (χ2v) is 10.1. The van der Waals surface area contributed by atoms with E-state index in [2.05, 4.69) is 79.7 Å². The van der Waals surface area contributed by atoms with Gasteiger partial charge in [-0.2, -0.15) is 0 Å². The molecule has 3 aromatic rings. The fourth-order valence-electron chi connectivity index (χ4n) is 3.70. The Morgan fingerprint density at radius 2 is 1.56 bits per heavy atom. The van der Waals surface area contributed by atoms with Gasteiger partial charge in [0.25, 0.3) is 0 Å². The van der Waals surface area contributed by atoms with Gasteiger partial charge in [0, 0.05) is 29.6 Å². The first-order chi connectivity index (χ1) is 15.3. The van der Waals surface area contributed by atoms with Crippen LogP contribution >= 0.6 is 11.8 Å². The summed E-state index contributed by atoms with van der Waals surface area (Å²) in [5, 5.41) is 1.32. The lowest BCUT2D eigenvalue weighted by molar-refractivity contribution is -0.763. The Morgan fingerprint density at radius 1 is 0.906 bits per heavy atom. The number of aryl methyl sites for hydroxylation is 1. The fourth-order valence-corrected chi connectivity index (χ4v) is 5.40. The monoisotopic (exact) mass is 464 g/mol. The van der Waals surface area contributed by atoms with E-state index in [1.165, 1.54) is 49.6 Å². The molecule has 2 aliphatic heterocycles. The molecule has 1 atom stereocenters. The standard InChI is InChI=1S/C18H16N2S.C7H8O3S/c1-19-14-8-4-3-7-13(14)11-12-16(19)18-20(2)15-9-5-6-10-17(15)21-18;1-6-2-4-7(5-3-6)11(8,9)10/h3-12H,1-2H3;2-5H,1H3,(H,8,9,10). The van der Waals surface area contributed by atoms with Gasteiger partial charge in [0.05, 0.1) is 17.6 Å². The second kappa shape index (κ2) is 8.96. The zero-order chi connectivity index (χ0) is 22.9. The van der Waals surface area contributed by atoms with Crippen molar-refractivity contribution in [3.05, 3.63) is 101 Å². The van der Waals surface area contributed by atoms with E-state index >= 15 is 0 Å². The molecule has 0 spiro atoms. The van der Waals surface area contributed by atoms with Gasteiger partial charge in [0.1, 0.15) is 20.8 Å². The minimum Gasteiger partial charge on any atom is -0.744 e. The highest BCUT2D eigenvalue weighted by atomic mass is 32.2. The first-order valence-corrected chi connectivity index (χ1v) is 12.4. The molecule has 5 rings (SSSR count). The van der Waals surface area contributed by atoms with Crippen molar-refractivity contribution in [3.63, 3.8) is 0 Å². The van der Waals surface area contributed by atoms with Crippen LogP contribution in [-0.4, -0.2) is 27.1 Å². The lowest BCUT2D eigenvalue weighted by Crippen LogP contribution is -3.02. The number of thioether (sulfide) groups is 1. The van der Waals surface area contributed by atoms with E-state index in [-0.39, 0.29) is 4.90 Å². The smallest absolute Gasteiger partial charge is 0.167 e. The van der Waals surface area contributed by atoms with Gasteiger partial charge in [0.2, 0.25) is 0 Å². The number of quaternary nitrogens is 1. The molecule has 0 aliphatic carbocycles. The summed E-state index contributed by atoms with van der Waals surface area (Å²) in [6.45, 7) is 1.82. The first kappa shape index (κ1) is 22.4. The Balaban J connectivity index is 0.000000189. The highest BCUT2D eigenvalue weighted by Gasteiger charge is 2.30. The van der Waals surface area contributed by atoms with Crippen molar-refractivity contribution in [3.8, 4) is 0 Å². The van der Waals surface area contributed by atoms with Gasteiger partial charge in [-0.1, -0.05) is 53.7 Å². The van der Waals surface area contributed by atoms with E-state index in [1.54, 1.807) is 12.1 Å². The molecule has 0 bridgehead atoms. The van der Waals surface area contributed by atoms with E-state index in [0.29, 0.717) is 0 Å². The minimum absolute atomic E-state index is 0.178. The van der Waals surface area contributed by atoms with Gasteiger partial charge >= 0.3 is 0 Å². The van der Waals surface area contributed by atoms with Crippen LogP contribution in [0.5, 0.6) is 0 Å². The van der Waals surface area contributed by atoms with Crippen molar-refractivity contribution in [1.29, 1.82) is 0 Å². The average molecular weight is 465 g/mol. The van der Waals surface area contributed by atoms with Gasteiger partial charge in [-0.3, -0.25) is 4.90 Å². The molecule has 7 heteroatoms. The van der Waals surface area contributed by atoms with Gasteiger partial charge in [-0.05, 0) is 43.3 Å². The van der Waals surface area contributed by atoms with Crippen LogP contribution in [0.15, 0.2) is 99.4 Å². The molecule has 1 N–H and O–H groups in total. The molecule has 0 aromatic heterocycles. The van der Waals surface area contributed by atoms with E-state index in [0.717, 1.165) is 5.56 Å². The number of para-hydroxylation sites is 2. The van der Waals surface area contributed by atoms with Crippen molar-refractivity contribution >= 4 is 39.3 Å². The molecule has 2 heterocycles. The minimum atomic E-state index is -4.27. The number of anilines is 1. The van der Waals surface area contributed by atoms with E-state index in [9.17, 15) is 13.0 Å². The van der Waals surface area contributed by atoms with Crippen molar-refractivity contribution in [2.75, 3.05) is 19.0 Å². The fraction of sp³-hybridized carbons (Fsp3) is 0.120. The molecule has 0 radical (unpaired) electrons. The van der Waals surface area contributed by atoms with Crippen LogP contribution in [0, 0.1) is 6.92 Å². The molecule has 0 fully saturated rings. The summed E-state index contributed by atoms with van der Waals surface area (Å²) in [6.07, 6.45) is 4.48. The summed E-state index contributed by atoms with van der Waals surface area (Å²) in [6, 6.07) is 23.0. The van der Waals surface area contributed by atoms with Crippen molar-refractivity contribution in [2.24, 2.45) is 0 Å². The number of nitrogens with zero attached hydrogens (tertiary/aromatic N) is 1. The number of benzene rings is 3. The Labute approximate surface area is 193 Å².